The Morgan fingerprint density at radius 2 is 2.15 bits per heavy atom. The normalized spacial score (nSPS) is 21.2. The lowest BCUT2D eigenvalue weighted by Gasteiger charge is -2.28. The van der Waals surface area contributed by atoms with Crippen LogP contribution < -0.4 is 0 Å². The Labute approximate surface area is 81.4 Å². The highest BCUT2D eigenvalue weighted by atomic mass is 32.1. The number of aromatic nitrogens is 2. The van der Waals surface area contributed by atoms with E-state index in [1.165, 1.54) is 18.0 Å². The Morgan fingerprint density at radius 3 is 2.69 bits per heavy atom. The van der Waals surface area contributed by atoms with Crippen molar-refractivity contribution in [1.82, 2.24) is 9.36 Å². The van der Waals surface area contributed by atoms with Gasteiger partial charge in [-0.15, -0.1) is 0 Å². The Kier molecular flexibility index (Phi) is 2.40. The zero-order valence-electron chi connectivity index (χ0n) is 7.40. The third kappa shape index (κ3) is 1.50. The van der Waals surface area contributed by atoms with E-state index in [1.54, 1.807) is 5.51 Å². The van der Waals surface area contributed by atoms with Crippen LogP contribution in [0.2, 0.25) is 0 Å². The van der Waals surface area contributed by atoms with Crippen LogP contribution in [0.5, 0.6) is 0 Å². The maximum absolute atomic E-state index is 11.1. The molecule has 0 aromatic carbocycles. The number of hydrogen-bond acceptors (Lipinski definition) is 4. The molecule has 1 aromatic heterocycles. The van der Waals surface area contributed by atoms with Crippen molar-refractivity contribution in [3.63, 3.8) is 0 Å². The van der Waals surface area contributed by atoms with Gasteiger partial charge in [-0.1, -0.05) is 19.3 Å². The van der Waals surface area contributed by atoms with Gasteiger partial charge >= 0.3 is 0 Å². The second-order valence-electron chi connectivity index (χ2n) is 3.59. The maximum atomic E-state index is 11.1. The predicted molar refractivity (Wildman–Crippen MR) is 50.7 cm³/mol. The van der Waals surface area contributed by atoms with Gasteiger partial charge in [0, 0.05) is 0 Å². The van der Waals surface area contributed by atoms with Gasteiger partial charge in [0.15, 0.2) is 5.82 Å². The van der Waals surface area contributed by atoms with Crippen LogP contribution in [-0.2, 0) is 10.2 Å². The Hall–Kier alpha value is -0.770. The third-order valence-corrected chi connectivity index (χ3v) is 3.26. The molecular weight excluding hydrogens is 184 g/mol. The van der Waals surface area contributed by atoms with Crippen molar-refractivity contribution >= 4 is 17.8 Å². The van der Waals surface area contributed by atoms with Crippen LogP contribution in [0.3, 0.4) is 0 Å². The average Bonchev–Trinajstić information content (AvgIpc) is 2.72. The highest BCUT2D eigenvalue weighted by Gasteiger charge is 2.36. The summed E-state index contributed by atoms with van der Waals surface area (Å²) < 4.78 is 4.18. The molecule has 0 atom stereocenters. The van der Waals surface area contributed by atoms with Crippen molar-refractivity contribution in [2.45, 2.75) is 37.5 Å². The van der Waals surface area contributed by atoms with Crippen LogP contribution in [-0.4, -0.2) is 15.6 Å². The highest BCUT2D eigenvalue weighted by molar-refractivity contribution is 7.03. The number of nitrogens with zero attached hydrogens (tertiary/aromatic N) is 2. The SMILES string of the molecule is O=CC1(c2ncsn2)CCCCC1. The van der Waals surface area contributed by atoms with E-state index in [-0.39, 0.29) is 5.41 Å². The monoisotopic (exact) mass is 196 g/mol. The molecule has 0 amide bonds. The minimum atomic E-state index is -0.349. The molecule has 1 aromatic rings. The first-order chi connectivity index (χ1) is 6.37. The molecule has 1 fully saturated rings. The summed E-state index contributed by atoms with van der Waals surface area (Å²) in [6.45, 7) is 0. The van der Waals surface area contributed by atoms with Crippen LogP contribution in [0.15, 0.2) is 5.51 Å². The quantitative estimate of drug-likeness (QED) is 0.679. The Morgan fingerprint density at radius 1 is 1.38 bits per heavy atom. The summed E-state index contributed by atoms with van der Waals surface area (Å²) in [5.74, 6) is 0.743. The molecule has 1 heterocycles. The summed E-state index contributed by atoms with van der Waals surface area (Å²) in [6.07, 6.45) is 6.38. The van der Waals surface area contributed by atoms with Crippen molar-refractivity contribution in [2.24, 2.45) is 0 Å². The van der Waals surface area contributed by atoms with Crippen LogP contribution in [0, 0.1) is 0 Å². The first-order valence-electron chi connectivity index (χ1n) is 4.61. The van der Waals surface area contributed by atoms with Gasteiger partial charge in [-0.05, 0) is 24.4 Å². The van der Waals surface area contributed by atoms with Crippen LogP contribution in [0.4, 0.5) is 0 Å². The van der Waals surface area contributed by atoms with Crippen LogP contribution in [0.1, 0.15) is 37.9 Å². The Balaban J connectivity index is 2.28. The van der Waals surface area contributed by atoms with E-state index in [2.05, 4.69) is 9.36 Å². The van der Waals surface area contributed by atoms with E-state index in [9.17, 15) is 4.79 Å². The molecule has 0 saturated heterocycles. The molecular formula is C9H12N2OS. The second kappa shape index (κ2) is 3.54. The first-order valence-corrected chi connectivity index (χ1v) is 5.44. The minimum absolute atomic E-state index is 0.349. The zero-order chi connectivity index (χ0) is 9.15. The lowest BCUT2D eigenvalue weighted by Crippen LogP contribution is -2.31. The maximum Gasteiger partial charge on any atom is 0.155 e. The molecule has 1 saturated carbocycles. The smallest absolute Gasteiger partial charge is 0.155 e. The van der Waals surface area contributed by atoms with Crippen LogP contribution in [0.25, 0.3) is 0 Å². The van der Waals surface area contributed by atoms with Crippen molar-refractivity contribution < 1.29 is 4.79 Å². The summed E-state index contributed by atoms with van der Waals surface area (Å²) >= 11 is 1.33. The lowest BCUT2D eigenvalue weighted by atomic mass is 9.75. The zero-order valence-corrected chi connectivity index (χ0v) is 8.22. The van der Waals surface area contributed by atoms with Crippen molar-refractivity contribution in [3.8, 4) is 0 Å². The molecule has 0 radical (unpaired) electrons. The van der Waals surface area contributed by atoms with Gasteiger partial charge in [0.2, 0.25) is 0 Å². The molecule has 0 N–H and O–H groups in total. The fourth-order valence-electron chi connectivity index (χ4n) is 1.97. The summed E-state index contributed by atoms with van der Waals surface area (Å²) in [5.41, 5.74) is 1.35. The molecule has 0 unspecified atom stereocenters. The molecule has 3 nitrogen and oxygen atoms in total. The number of rotatable bonds is 2. The second-order valence-corrected chi connectivity index (χ2v) is 4.19. The summed E-state index contributed by atoms with van der Waals surface area (Å²) in [5, 5.41) is 0. The van der Waals surface area contributed by atoms with Gasteiger partial charge in [-0.3, -0.25) is 0 Å². The lowest BCUT2D eigenvalue weighted by molar-refractivity contribution is -0.113. The summed E-state index contributed by atoms with van der Waals surface area (Å²) in [4.78, 5) is 15.3. The largest absolute Gasteiger partial charge is 0.302 e. The molecule has 0 aliphatic heterocycles. The van der Waals surface area contributed by atoms with Gasteiger partial charge in [0.1, 0.15) is 11.8 Å². The Bertz CT molecular complexity index is 278. The van der Waals surface area contributed by atoms with Gasteiger partial charge in [-0.2, -0.15) is 4.37 Å². The fourth-order valence-corrected chi connectivity index (χ4v) is 2.49. The average molecular weight is 196 g/mol. The van der Waals surface area contributed by atoms with E-state index in [1.807, 2.05) is 0 Å². The minimum Gasteiger partial charge on any atom is -0.302 e. The van der Waals surface area contributed by atoms with Gasteiger partial charge in [-0.25, -0.2) is 4.98 Å². The fraction of sp³-hybridized carbons (Fsp3) is 0.667. The predicted octanol–water partition coefficient (Wildman–Crippen LogP) is 1.94. The van der Waals surface area contributed by atoms with Gasteiger partial charge < -0.3 is 4.79 Å². The van der Waals surface area contributed by atoms with Crippen molar-refractivity contribution in [1.29, 1.82) is 0 Å². The summed E-state index contributed by atoms with van der Waals surface area (Å²) in [7, 11) is 0. The number of aldehydes is 1. The number of carbonyl (C=O) groups is 1. The summed E-state index contributed by atoms with van der Waals surface area (Å²) in [6, 6.07) is 0. The van der Waals surface area contributed by atoms with Gasteiger partial charge in [0.05, 0.1) is 5.41 Å². The first kappa shape index (κ1) is 8.81. The van der Waals surface area contributed by atoms with E-state index in [4.69, 9.17) is 0 Å². The van der Waals surface area contributed by atoms with Crippen molar-refractivity contribution in [3.05, 3.63) is 11.3 Å². The molecule has 13 heavy (non-hydrogen) atoms. The third-order valence-electron chi connectivity index (χ3n) is 2.78. The van der Waals surface area contributed by atoms with E-state index >= 15 is 0 Å². The molecule has 0 bridgehead atoms. The van der Waals surface area contributed by atoms with E-state index in [0.717, 1.165) is 37.8 Å². The molecule has 70 valence electrons. The van der Waals surface area contributed by atoms with E-state index in [0.29, 0.717) is 0 Å². The number of hydrogen-bond donors (Lipinski definition) is 0. The molecule has 1 aliphatic rings. The standard InChI is InChI=1S/C9H12N2OS/c12-6-9(4-2-1-3-5-9)8-10-7-13-11-8/h6-7H,1-5H2. The molecule has 4 heteroatoms. The van der Waals surface area contributed by atoms with Gasteiger partial charge in [0.25, 0.3) is 0 Å². The molecule has 2 rings (SSSR count). The number of carbonyl (C=O) groups excluding carboxylic acids is 1. The topological polar surface area (TPSA) is 42.9 Å². The molecule has 1 aliphatic carbocycles. The van der Waals surface area contributed by atoms with Crippen LogP contribution >= 0.6 is 11.5 Å². The highest BCUT2D eigenvalue weighted by Crippen LogP contribution is 2.35. The van der Waals surface area contributed by atoms with E-state index < -0.39 is 0 Å². The van der Waals surface area contributed by atoms with Crippen molar-refractivity contribution in [2.75, 3.05) is 0 Å². The molecule has 0 spiro atoms.